The Morgan fingerprint density at radius 1 is 1.50 bits per heavy atom. The van der Waals surface area contributed by atoms with Gasteiger partial charge in [0.05, 0.1) is 7.11 Å². The highest BCUT2D eigenvalue weighted by molar-refractivity contribution is 5.87. The lowest BCUT2D eigenvalue weighted by Gasteiger charge is -2.14. The summed E-state index contributed by atoms with van der Waals surface area (Å²) in [4.78, 5) is 13.2. The van der Waals surface area contributed by atoms with E-state index in [1.807, 2.05) is 18.0 Å². The molecule has 0 bridgehead atoms. The van der Waals surface area contributed by atoms with Crippen LogP contribution in [0.2, 0.25) is 0 Å². The van der Waals surface area contributed by atoms with E-state index in [4.69, 9.17) is 0 Å². The van der Waals surface area contributed by atoms with Crippen LogP contribution in [-0.4, -0.2) is 31.6 Å². The first-order chi connectivity index (χ1) is 8.52. The molecule has 0 aromatic heterocycles. The van der Waals surface area contributed by atoms with E-state index >= 15 is 0 Å². The van der Waals surface area contributed by atoms with Crippen LogP contribution in [-0.2, 0) is 16.1 Å². The van der Waals surface area contributed by atoms with Gasteiger partial charge in [-0.05, 0) is 31.7 Å². The number of likely N-dealkylation sites (N-methyl/N-ethyl adjacent to an activating group) is 1. The topological polar surface area (TPSA) is 29.5 Å². The molecule has 1 aromatic rings. The number of nitrogens with zero attached hydrogens (tertiary/aromatic N) is 1. The zero-order valence-corrected chi connectivity index (χ0v) is 10.9. The molecule has 1 rings (SSSR count). The first-order valence-corrected chi connectivity index (χ1v) is 5.71. The van der Waals surface area contributed by atoms with Gasteiger partial charge in [-0.15, -0.1) is 0 Å². The average Bonchev–Trinajstić information content (AvgIpc) is 2.35. The van der Waals surface area contributed by atoms with E-state index in [9.17, 15) is 9.18 Å². The summed E-state index contributed by atoms with van der Waals surface area (Å²) in [5.74, 6) is -0.559. The van der Waals surface area contributed by atoms with E-state index < -0.39 is 0 Å². The summed E-state index contributed by atoms with van der Waals surface area (Å²) < 4.78 is 17.6. The monoisotopic (exact) mass is 251 g/mol. The zero-order chi connectivity index (χ0) is 13.5. The molecular weight excluding hydrogens is 233 g/mol. The Hall–Kier alpha value is -1.68. The summed E-state index contributed by atoms with van der Waals surface area (Å²) in [5, 5.41) is 0. The van der Waals surface area contributed by atoms with Gasteiger partial charge < -0.3 is 4.74 Å². The maximum Gasteiger partial charge on any atom is 0.333 e. The fraction of sp³-hybridized carbons (Fsp3) is 0.357. The maximum atomic E-state index is 13.0. The molecule has 0 radical (unpaired) electrons. The molecule has 0 aliphatic rings. The summed E-state index contributed by atoms with van der Waals surface area (Å²) in [6.07, 6.45) is 1.80. The number of methoxy groups -OCH3 is 1. The molecule has 4 heteroatoms. The van der Waals surface area contributed by atoms with Gasteiger partial charge in [-0.25, -0.2) is 9.18 Å². The van der Waals surface area contributed by atoms with Crippen molar-refractivity contribution in [2.45, 2.75) is 13.5 Å². The molecule has 0 amide bonds. The molecule has 0 heterocycles. The van der Waals surface area contributed by atoms with Gasteiger partial charge >= 0.3 is 5.97 Å². The minimum atomic E-state index is -0.325. The first kappa shape index (κ1) is 14.4. The highest BCUT2D eigenvalue weighted by Gasteiger charge is 2.04. The predicted molar refractivity (Wildman–Crippen MR) is 68.5 cm³/mol. The van der Waals surface area contributed by atoms with Gasteiger partial charge in [0.15, 0.2) is 0 Å². The van der Waals surface area contributed by atoms with Crippen molar-refractivity contribution in [3.05, 3.63) is 47.3 Å². The van der Waals surface area contributed by atoms with Crippen LogP contribution in [0.15, 0.2) is 35.9 Å². The molecule has 18 heavy (non-hydrogen) atoms. The number of halogens is 1. The minimum absolute atomic E-state index is 0.234. The van der Waals surface area contributed by atoms with Gasteiger partial charge in [-0.1, -0.05) is 18.2 Å². The highest BCUT2D eigenvalue weighted by atomic mass is 19.1. The number of carbonyl (C=O) groups excluding carboxylic acids is 1. The van der Waals surface area contributed by atoms with Crippen molar-refractivity contribution in [1.82, 2.24) is 4.90 Å². The maximum absolute atomic E-state index is 13.0. The molecule has 0 saturated heterocycles. The standard InChI is InChI=1S/C14H18FNO2/c1-11(14(17)18-3)7-8-16(2)10-12-5-4-6-13(15)9-12/h4-7,9H,8,10H2,1-3H3. The highest BCUT2D eigenvalue weighted by Crippen LogP contribution is 2.06. The van der Waals surface area contributed by atoms with Gasteiger partial charge in [0.2, 0.25) is 0 Å². The quantitative estimate of drug-likeness (QED) is 0.594. The van der Waals surface area contributed by atoms with Crippen molar-refractivity contribution in [3.8, 4) is 0 Å². The van der Waals surface area contributed by atoms with E-state index in [2.05, 4.69) is 4.74 Å². The SMILES string of the molecule is COC(=O)C(C)=CCN(C)Cc1cccc(F)c1. The normalized spacial score (nSPS) is 11.7. The number of hydrogen-bond donors (Lipinski definition) is 0. The predicted octanol–water partition coefficient (Wildman–Crippen LogP) is 2.38. The Morgan fingerprint density at radius 2 is 2.22 bits per heavy atom. The summed E-state index contributed by atoms with van der Waals surface area (Å²) in [6.45, 7) is 2.95. The summed E-state index contributed by atoms with van der Waals surface area (Å²) in [6, 6.07) is 6.49. The molecule has 3 nitrogen and oxygen atoms in total. The number of esters is 1. The summed E-state index contributed by atoms with van der Waals surface area (Å²) in [5.41, 5.74) is 1.48. The third kappa shape index (κ3) is 4.67. The van der Waals surface area contributed by atoms with Crippen LogP contribution < -0.4 is 0 Å². The molecule has 0 unspecified atom stereocenters. The van der Waals surface area contributed by atoms with Gasteiger partial charge in [0, 0.05) is 18.7 Å². The molecule has 0 spiro atoms. The Kier molecular flexibility index (Phi) is 5.52. The van der Waals surface area contributed by atoms with Crippen molar-refractivity contribution in [2.75, 3.05) is 20.7 Å². The van der Waals surface area contributed by atoms with E-state index in [0.717, 1.165) is 5.56 Å². The Labute approximate surface area is 107 Å². The second kappa shape index (κ2) is 6.91. The van der Waals surface area contributed by atoms with E-state index in [1.54, 1.807) is 19.1 Å². The van der Waals surface area contributed by atoms with Crippen LogP contribution in [0.25, 0.3) is 0 Å². The second-order valence-corrected chi connectivity index (χ2v) is 4.21. The van der Waals surface area contributed by atoms with E-state index in [0.29, 0.717) is 18.7 Å². The van der Waals surface area contributed by atoms with Crippen molar-refractivity contribution in [1.29, 1.82) is 0 Å². The summed E-state index contributed by atoms with van der Waals surface area (Å²) >= 11 is 0. The Balaban J connectivity index is 2.52. The second-order valence-electron chi connectivity index (χ2n) is 4.21. The lowest BCUT2D eigenvalue weighted by Crippen LogP contribution is -2.18. The van der Waals surface area contributed by atoms with E-state index in [1.165, 1.54) is 19.2 Å². The fourth-order valence-corrected chi connectivity index (χ4v) is 1.55. The van der Waals surface area contributed by atoms with Gasteiger partial charge in [0.25, 0.3) is 0 Å². The number of hydrogen-bond acceptors (Lipinski definition) is 3. The van der Waals surface area contributed by atoms with Crippen LogP contribution in [0.4, 0.5) is 4.39 Å². The Morgan fingerprint density at radius 3 is 2.83 bits per heavy atom. The van der Waals surface area contributed by atoms with Gasteiger partial charge in [-0.3, -0.25) is 4.90 Å². The molecule has 98 valence electrons. The summed E-state index contributed by atoms with van der Waals surface area (Å²) in [7, 11) is 3.27. The van der Waals surface area contributed by atoms with Crippen molar-refractivity contribution >= 4 is 5.97 Å². The van der Waals surface area contributed by atoms with Gasteiger partial charge in [-0.2, -0.15) is 0 Å². The van der Waals surface area contributed by atoms with Crippen LogP contribution in [0, 0.1) is 5.82 Å². The third-order valence-electron chi connectivity index (χ3n) is 2.56. The molecule has 0 aliphatic heterocycles. The van der Waals surface area contributed by atoms with Gasteiger partial charge in [0.1, 0.15) is 5.82 Å². The van der Waals surface area contributed by atoms with Crippen molar-refractivity contribution in [2.24, 2.45) is 0 Å². The zero-order valence-electron chi connectivity index (χ0n) is 10.9. The lowest BCUT2D eigenvalue weighted by atomic mass is 10.2. The molecule has 0 fully saturated rings. The average molecular weight is 251 g/mol. The largest absolute Gasteiger partial charge is 0.466 e. The smallest absolute Gasteiger partial charge is 0.333 e. The molecule has 0 saturated carbocycles. The lowest BCUT2D eigenvalue weighted by molar-refractivity contribution is -0.136. The molecule has 1 aromatic carbocycles. The number of ether oxygens (including phenoxy) is 1. The molecule has 0 atom stereocenters. The Bertz CT molecular complexity index is 443. The van der Waals surface area contributed by atoms with Crippen LogP contribution in [0.3, 0.4) is 0 Å². The van der Waals surface area contributed by atoms with Crippen LogP contribution in [0.5, 0.6) is 0 Å². The van der Waals surface area contributed by atoms with Crippen LogP contribution >= 0.6 is 0 Å². The third-order valence-corrected chi connectivity index (χ3v) is 2.56. The number of rotatable bonds is 5. The number of benzene rings is 1. The van der Waals surface area contributed by atoms with Crippen LogP contribution in [0.1, 0.15) is 12.5 Å². The molecular formula is C14H18FNO2. The van der Waals surface area contributed by atoms with Crippen molar-refractivity contribution < 1.29 is 13.9 Å². The number of carbonyl (C=O) groups is 1. The van der Waals surface area contributed by atoms with Crippen molar-refractivity contribution in [3.63, 3.8) is 0 Å². The molecule has 0 N–H and O–H groups in total. The first-order valence-electron chi connectivity index (χ1n) is 5.71. The van der Waals surface area contributed by atoms with E-state index in [-0.39, 0.29) is 11.8 Å². The minimum Gasteiger partial charge on any atom is -0.466 e. The molecule has 0 aliphatic carbocycles. The fourth-order valence-electron chi connectivity index (χ4n) is 1.55.